The second kappa shape index (κ2) is 11.3. The fourth-order valence-corrected chi connectivity index (χ4v) is 5.06. The van der Waals surface area contributed by atoms with Gasteiger partial charge in [-0.3, -0.25) is 9.80 Å². The molecule has 1 heterocycles. The summed E-state index contributed by atoms with van der Waals surface area (Å²) >= 11 is 3.85. The minimum atomic E-state index is -2.91. The van der Waals surface area contributed by atoms with Gasteiger partial charge in [0, 0.05) is 23.9 Å². The molecule has 0 saturated heterocycles. The highest BCUT2D eigenvalue weighted by Gasteiger charge is 2.23. The van der Waals surface area contributed by atoms with E-state index in [4.69, 9.17) is 14.6 Å². The highest BCUT2D eigenvalue weighted by atomic mass is 127. The summed E-state index contributed by atoms with van der Waals surface area (Å²) in [5.41, 5.74) is 1.53. The number of likely N-dealkylation sites (N-methyl/N-ethyl adjacent to an activating group) is 1. The average Bonchev–Trinajstić information content (AvgIpc) is 3.18. The number of hydrogen-bond donors (Lipinski definition) is 0. The van der Waals surface area contributed by atoms with E-state index in [1.807, 2.05) is 69.4 Å². The molecule has 0 spiro atoms. The summed E-state index contributed by atoms with van der Waals surface area (Å²) in [6.45, 7) is -2.32. The molecule has 8 heteroatoms. The van der Waals surface area contributed by atoms with Crippen LogP contribution in [-0.4, -0.2) is 30.4 Å². The number of furan rings is 1. The van der Waals surface area contributed by atoms with Gasteiger partial charge in [-0.2, -0.15) is 0 Å². The van der Waals surface area contributed by atoms with Gasteiger partial charge in [0.25, 0.3) is 0 Å². The molecule has 0 aliphatic heterocycles. The van der Waals surface area contributed by atoms with Crippen LogP contribution in [0.5, 0.6) is 5.75 Å². The Morgan fingerprint density at radius 2 is 1.94 bits per heavy atom. The lowest BCUT2D eigenvalue weighted by molar-refractivity contribution is 0.103. The van der Waals surface area contributed by atoms with E-state index in [-0.39, 0.29) is 18.1 Å². The monoisotopic (exact) mass is 650 g/mol. The lowest BCUT2D eigenvalue weighted by atomic mass is 9.98. The van der Waals surface area contributed by atoms with Gasteiger partial charge in [0.05, 0.1) is 30.0 Å². The minimum absolute atomic E-state index is 0.0711. The van der Waals surface area contributed by atoms with E-state index in [2.05, 4.69) is 12.2 Å². The molecule has 31 heavy (non-hydrogen) atoms. The van der Waals surface area contributed by atoms with E-state index in [1.165, 1.54) is 6.92 Å². The zero-order valence-electron chi connectivity index (χ0n) is 21.1. The third-order valence-corrected chi connectivity index (χ3v) is 6.24. The summed E-state index contributed by atoms with van der Waals surface area (Å²) in [4.78, 5) is 24.6. The van der Waals surface area contributed by atoms with Crippen LogP contribution in [-0.2, 0) is 6.42 Å². The van der Waals surface area contributed by atoms with Crippen molar-refractivity contribution in [1.29, 1.82) is 0 Å². The van der Waals surface area contributed by atoms with Crippen LogP contribution in [0.2, 0.25) is 0 Å². The molecule has 164 valence electrons. The van der Waals surface area contributed by atoms with Gasteiger partial charge in [0.2, 0.25) is 0 Å². The standard InChI is InChI=1S/C23H24I2N2O4/c1-3-5-9-20-21(16-8-6-7-10-19(16)31-20)22(28)15-13-17(24)23(18(25)14-15)30-12-11-27(4-2)26-29/h6-8,10,13-14H,3-5,9,11-12H2,1-2H3/i11D2,12D2. The maximum atomic E-state index is 13.6. The van der Waals surface area contributed by atoms with Crippen molar-refractivity contribution in [2.24, 2.45) is 5.29 Å². The van der Waals surface area contributed by atoms with Crippen LogP contribution in [0.15, 0.2) is 46.1 Å². The number of fused-ring (bicyclic) bond motifs is 1. The van der Waals surface area contributed by atoms with Crippen molar-refractivity contribution in [3.8, 4) is 5.75 Å². The molecule has 0 radical (unpaired) electrons. The Morgan fingerprint density at radius 3 is 2.58 bits per heavy atom. The number of carbonyl (C=O) groups is 1. The fourth-order valence-electron chi connectivity index (χ4n) is 3.08. The molecular weight excluding hydrogens is 622 g/mol. The Labute approximate surface area is 214 Å². The van der Waals surface area contributed by atoms with Crippen molar-refractivity contribution in [2.45, 2.75) is 33.1 Å². The SMILES string of the molecule is [2H]C([2H])(Oc1c(I)cc(C(=O)c2c(CCCC)oc3ccccc23)cc1I)C([2H])([2H])N(CC)N=O. The molecule has 3 rings (SSSR count). The van der Waals surface area contributed by atoms with Crippen LogP contribution in [0.1, 0.15) is 53.9 Å². The highest BCUT2D eigenvalue weighted by molar-refractivity contribution is 14.1. The van der Waals surface area contributed by atoms with Gasteiger partial charge in [-0.1, -0.05) is 31.5 Å². The first kappa shape index (κ1) is 18.8. The number of carbonyl (C=O) groups excluding carboxylic acids is 1. The van der Waals surface area contributed by atoms with Gasteiger partial charge in [0.1, 0.15) is 23.7 Å². The molecule has 0 fully saturated rings. The van der Waals surface area contributed by atoms with Gasteiger partial charge in [-0.15, -0.1) is 4.91 Å². The number of unbranched alkanes of at least 4 members (excludes halogenated alkanes) is 1. The summed E-state index contributed by atoms with van der Waals surface area (Å²) in [5, 5.41) is 3.77. The zero-order chi connectivity index (χ0) is 26.0. The van der Waals surface area contributed by atoms with Gasteiger partial charge < -0.3 is 9.15 Å². The summed E-state index contributed by atoms with van der Waals surface area (Å²) in [6, 6.07) is 10.5. The van der Waals surface area contributed by atoms with Crippen LogP contribution in [0.3, 0.4) is 0 Å². The molecule has 0 N–H and O–H groups in total. The van der Waals surface area contributed by atoms with Gasteiger partial charge >= 0.3 is 0 Å². The number of benzene rings is 2. The summed E-state index contributed by atoms with van der Waals surface area (Å²) in [5.74, 6) is 0.486. The fraction of sp³-hybridized carbons (Fsp3) is 0.348. The predicted molar refractivity (Wildman–Crippen MR) is 139 cm³/mol. The lowest BCUT2D eigenvalue weighted by Gasteiger charge is -2.15. The number of ketones is 1. The molecule has 1 aromatic heterocycles. The van der Waals surface area contributed by atoms with Crippen molar-refractivity contribution in [2.75, 3.05) is 19.6 Å². The number of rotatable bonds is 11. The van der Waals surface area contributed by atoms with Crippen LogP contribution in [0, 0.1) is 12.0 Å². The molecule has 0 aliphatic rings. The number of halogens is 2. The molecular formula is C23H24I2N2O4. The van der Waals surface area contributed by atoms with Gasteiger partial charge in [-0.05, 0) is 76.7 Å². The second-order valence-corrected chi connectivity index (χ2v) is 9.04. The van der Waals surface area contributed by atoms with E-state index in [0.717, 1.165) is 18.2 Å². The van der Waals surface area contributed by atoms with Crippen LogP contribution in [0.4, 0.5) is 0 Å². The highest BCUT2D eigenvalue weighted by Crippen LogP contribution is 2.33. The number of nitroso groups, excluding NO2 is 1. The number of hydrogen-bond acceptors (Lipinski definition) is 5. The number of ether oxygens (including phenoxy) is 1. The Bertz CT molecular complexity index is 1230. The normalized spacial score (nSPS) is 13.8. The summed E-state index contributed by atoms with van der Waals surface area (Å²) in [6.07, 6.45) is 2.47. The molecule has 3 aromatic rings. The minimum Gasteiger partial charge on any atom is -0.489 e. The predicted octanol–water partition coefficient (Wildman–Crippen LogP) is 6.60. The molecule has 0 unspecified atom stereocenters. The quantitative estimate of drug-likeness (QED) is 0.101. The third kappa shape index (κ3) is 5.57. The summed E-state index contributed by atoms with van der Waals surface area (Å²) in [7, 11) is 0. The van der Waals surface area contributed by atoms with E-state index in [9.17, 15) is 9.70 Å². The third-order valence-electron chi connectivity index (χ3n) is 4.64. The van der Waals surface area contributed by atoms with E-state index in [1.54, 1.807) is 12.1 Å². The summed E-state index contributed by atoms with van der Waals surface area (Å²) < 4.78 is 44.8. The van der Waals surface area contributed by atoms with Gasteiger partial charge in [0.15, 0.2) is 5.78 Å². The van der Waals surface area contributed by atoms with Crippen LogP contribution < -0.4 is 4.74 Å². The van der Waals surface area contributed by atoms with Crippen molar-refractivity contribution in [1.82, 2.24) is 5.01 Å². The molecule has 0 saturated carbocycles. The molecule has 0 bridgehead atoms. The smallest absolute Gasteiger partial charge is 0.197 e. The number of aryl methyl sites for hydroxylation is 1. The van der Waals surface area contributed by atoms with Crippen molar-refractivity contribution in [3.63, 3.8) is 0 Å². The average molecular weight is 650 g/mol. The first-order valence-electron chi connectivity index (χ1n) is 11.8. The molecule has 0 amide bonds. The van der Waals surface area contributed by atoms with E-state index < -0.39 is 13.1 Å². The first-order chi connectivity index (χ1) is 16.5. The van der Waals surface area contributed by atoms with Gasteiger partial charge in [-0.25, -0.2) is 0 Å². The van der Waals surface area contributed by atoms with Crippen LogP contribution in [0.25, 0.3) is 11.0 Å². The Morgan fingerprint density at radius 1 is 1.23 bits per heavy atom. The van der Waals surface area contributed by atoms with Crippen molar-refractivity contribution < 1.29 is 19.4 Å². The zero-order valence-corrected chi connectivity index (χ0v) is 21.4. The largest absolute Gasteiger partial charge is 0.489 e. The van der Waals surface area contributed by atoms with Crippen molar-refractivity contribution in [3.05, 3.63) is 65.3 Å². The van der Waals surface area contributed by atoms with E-state index in [0.29, 0.717) is 41.0 Å². The maximum absolute atomic E-state index is 13.6. The Balaban J connectivity index is 2.01. The van der Waals surface area contributed by atoms with Crippen LogP contribution >= 0.6 is 45.2 Å². The molecule has 0 atom stereocenters. The second-order valence-electron chi connectivity index (χ2n) is 6.71. The lowest BCUT2D eigenvalue weighted by Crippen LogP contribution is -2.22. The van der Waals surface area contributed by atoms with Crippen molar-refractivity contribution >= 4 is 61.9 Å². The topological polar surface area (TPSA) is 72.1 Å². The van der Waals surface area contributed by atoms with E-state index >= 15 is 0 Å². The maximum Gasteiger partial charge on any atom is 0.197 e. The number of para-hydroxylation sites is 1. The molecule has 0 aliphatic carbocycles. The Hall–Kier alpha value is -1.69. The Kier molecular flexibility index (Phi) is 6.84. The molecule has 6 nitrogen and oxygen atoms in total. The molecule has 2 aromatic carbocycles. The first-order valence-corrected chi connectivity index (χ1v) is 12.0. The number of nitrogens with zero attached hydrogens (tertiary/aromatic N) is 2.